The summed E-state index contributed by atoms with van der Waals surface area (Å²) < 4.78 is 0. The minimum Gasteiger partial charge on any atom is -0.394 e. The van der Waals surface area contributed by atoms with Gasteiger partial charge in [-0.25, -0.2) is 0 Å². The molecule has 1 rings (SSSR count). The molecule has 96 valence electrons. The van der Waals surface area contributed by atoms with Gasteiger partial charge in [0, 0.05) is 0 Å². The Morgan fingerprint density at radius 2 is 2.22 bits per heavy atom. The Balaban J connectivity index is 3.17. The van der Waals surface area contributed by atoms with Crippen LogP contribution in [0.3, 0.4) is 0 Å². The summed E-state index contributed by atoms with van der Waals surface area (Å²) in [5.41, 5.74) is 0.0105. The van der Waals surface area contributed by atoms with Crippen LogP contribution in [0.1, 0.15) is 19.4 Å². The van der Waals surface area contributed by atoms with Crippen molar-refractivity contribution >= 4 is 11.4 Å². The maximum Gasteiger partial charge on any atom is 0.309 e. The van der Waals surface area contributed by atoms with Gasteiger partial charge in [0.1, 0.15) is 17.3 Å². The summed E-state index contributed by atoms with van der Waals surface area (Å²) in [6, 6.07) is 6.00. The number of nitro groups is 1. The average molecular weight is 249 g/mol. The summed E-state index contributed by atoms with van der Waals surface area (Å²) >= 11 is 0. The fourth-order valence-electron chi connectivity index (χ4n) is 1.57. The number of anilines is 1. The lowest BCUT2D eigenvalue weighted by Gasteiger charge is -2.21. The molecule has 0 aliphatic rings. The molecule has 0 aliphatic carbocycles. The second kappa shape index (κ2) is 5.98. The van der Waals surface area contributed by atoms with E-state index in [2.05, 4.69) is 5.32 Å². The second-order valence-electron chi connectivity index (χ2n) is 4.25. The van der Waals surface area contributed by atoms with Gasteiger partial charge < -0.3 is 10.4 Å². The summed E-state index contributed by atoms with van der Waals surface area (Å²) in [5.74, 6) is 0.111. The van der Waals surface area contributed by atoms with Crippen LogP contribution in [0.15, 0.2) is 18.2 Å². The van der Waals surface area contributed by atoms with Crippen LogP contribution in [0.5, 0.6) is 0 Å². The third-order valence-corrected chi connectivity index (χ3v) is 2.68. The Labute approximate surface area is 105 Å². The zero-order chi connectivity index (χ0) is 13.7. The van der Waals surface area contributed by atoms with E-state index in [1.54, 1.807) is 12.1 Å². The molecule has 1 aromatic carbocycles. The molecular weight excluding hydrogens is 234 g/mol. The first-order valence-corrected chi connectivity index (χ1v) is 5.56. The van der Waals surface area contributed by atoms with Crippen molar-refractivity contribution in [2.24, 2.45) is 5.92 Å². The predicted molar refractivity (Wildman–Crippen MR) is 67.1 cm³/mol. The maximum atomic E-state index is 11.0. The van der Waals surface area contributed by atoms with E-state index in [4.69, 9.17) is 5.26 Å². The number of rotatable bonds is 5. The largest absolute Gasteiger partial charge is 0.394 e. The molecule has 1 unspecified atom stereocenters. The van der Waals surface area contributed by atoms with Gasteiger partial charge in [-0.2, -0.15) is 5.26 Å². The SMILES string of the molecule is CC(C)C(CO)Nc1cccc(C#N)c1[N+](=O)[O-]. The number of hydrogen-bond acceptors (Lipinski definition) is 5. The van der Waals surface area contributed by atoms with Gasteiger partial charge in [0.15, 0.2) is 0 Å². The molecule has 6 heteroatoms. The van der Waals surface area contributed by atoms with Crippen LogP contribution >= 0.6 is 0 Å². The first-order chi connectivity index (χ1) is 8.51. The molecule has 0 saturated heterocycles. The molecule has 0 heterocycles. The number of nitrogens with zero attached hydrogens (tertiary/aromatic N) is 2. The molecule has 0 saturated carbocycles. The zero-order valence-corrected chi connectivity index (χ0v) is 10.3. The highest BCUT2D eigenvalue weighted by Gasteiger charge is 2.22. The number of aliphatic hydroxyl groups excluding tert-OH is 1. The minimum absolute atomic E-state index is 0.00504. The van der Waals surface area contributed by atoms with E-state index < -0.39 is 4.92 Å². The van der Waals surface area contributed by atoms with E-state index in [-0.39, 0.29) is 35.5 Å². The smallest absolute Gasteiger partial charge is 0.309 e. The maximum absolute atomic E-state index is 11.0. The second-order valence-corrected chi connectivity index (χ2v) is 4.25. The Kier molecular flexibility index (Phi) is 4.63. The molecule has 6 nitrogen and oxygen atoms in total. The Morgan fingerprint density at radius 1 is 1.56 bits per heavy atom. The normalized spacial score (nSPS) is 11.9. The number of nitrogens with one attached hydrogen (secondary N) is 1. The van der Waals surface area contributed by atoms with E-state index in [0.29, 0.717) is 0 Å². The topological polar surface area (TPSA) is 99.2 Å². The molecule has 0 amide bonds. The number of aliphatic hydroxyl groups is 1. The Bertz CT molecular complexity index is 480. The summed E-state index contributed by atoms with van der Waals surface area (Å²) in [7, 11) is 0. The van der Waals surface area contributed by atoms with Crippen LogP contribution in [0.4, 0.5) is 11.4 Å². The van der Waals surface area contributed by atoms with Crippen LogP contribution in [0, 0.1) is 27.4 Å². The van der Waals surface area contributed by atoms with Crippen LogP contribution < -0.4 is 5.32 Å². The van der Waals surface area contributed by atoms with Crippen LogP contribution in [-0.2, 0) is 0 Å². The fraction of sp³-hybridized carbons (Fsp3) is 0.417. The van der Waals surface area contributed by atoms with Crippen molar-refractivity contribution in [3.8, 4) is 6.07 Å². The molecule has 1 atom stereocenters. The lowest BCUT2D eigenvalue weighted by molar-refractivity contribution is -0.384. The molecule has 0 fully saturated rings. The van der Waals surface area contributed by atoms with Crippen molar-refractivity contribution in [1.82, 2.24) is 0 Å². The number of benzene rings is 1. The van der Waals surface area contributed by atoms with Gasteiger partial charge in [0.05, 0.1) is 17.6 Å². The molecule has 0 spiro atoms. The lowest BCUT2D eigenvalue weighted by atomic mass is 10.0. The number of nitro benzene ring substituents is 1. The minimum atomic E-state index is -0.588. The van der Waals surface area contributed by atoms with Gasteiger partial charge in [-0.15, -0.1) is 0 Å². The molecule has 1 aromatic rings. The van der Waals surface area contributed by atoms with E-state index in [1.165, 1.54) is 12.1 Å². The average Bonchev–Trinajstić information content (AvgIpc) is 2.34. The number of nitriles is 1. The summed E-state index contributed by atoms with van der Waals surface area (Å²) in [4.78, 5) is 10.4. The van der Waals surface area contributed by atoms with E-state index >= 15 is 0 Å². The van der Waals surface area contributed by atoms with Gasteiger partial charge in [0.25, 0.3) is 0 Å². The third-order valence-electron chi connectivity index (χ3n) is 2.68. The van der Waals surface area contributed by atoms with Gasteiger partial charge in [0.2, 0.25) is 0 Å². The molecule has 0 aliphatic heterocycles. The first kappa shape index (κ1) is 13.9. The molecule has 2 N–H and O–H groups in total. The van der Waals surface area contributed by atoms with Crippen LogP contribution in [-0.4, -0.2) is 22.7 Å². The van der Waals surface area contributed by atoms with E-state index in [9.17, 15) is 15.2 Å². The van der Waals surface area contributed by atoms with Gasteiger partial charge in [-0.05, 0) is 18.1 Å². The van der Waals surface area contributed by atoms with Gasteiger partial charge in [-0.1, -0.05) is 19.9 Å². The van der Waals surface area contributed by atoms with Crippen molar-refractivity contribution in [3.05, 3.63) is 33.9 Å². The quantitative estimate of drug-likeness (QED) is 0.613. The van der Waals surface area contributed by atoms with Gasteiger partial charge in [-0.3, -0.25) is 10.1 Å². The van der Waals surface area contributed by atoms with E-state index in [0.717, 1.165) is 0 Å². The third kappa shape index (κ3) is 2.96. The first-order valence-electron chi connectivity index (χ1n) is 5.56. The van der Waals surface area contributed by atoms with Crippen LogP contribution in [0.25, 0.3) is 0 Å². The highest BCUT2D eigenvalue weighted by molar-refractivity contribution is 5.68. The molecule has 0 bridgehead atoms. The molecule has 18 heavy (non-hydrogen) atoms. The van der Waals surface area contributed by atoms with Crippen molar-refractivity contribution in [2.75, 3.05) is 11.9 Å². The zero-order valence-electron chi connectivity index (χ0n) is 10.3. The molecule has 0 radical (unpaired) electrons. The molecule has 0 aromatic heterocycles. The van der Waals surface area contributed by atoms with Crippen molar-refractivity contribution in [1.29, 1.82) is 5.26 Å². The predicted octanol–water partition coefficient (Wildman–Crippen LogP) is 1.90. The monoisotopic (exact) mass is 249 g/mol. The van der Waals surface area contributed by atoms with E-state index in [1.807, 2.05) is 13.8 Å². The van der Waals surface area contributed by atoms with Crippen molar-refractivity contribution < 1.29 is 10.0 Å². The lowest BCUT2D eigenvalue weighted by Crippen LogP contribution is -2.29. The van der Waals surface area contributed by atoms with Crippen molar-refractivity contribution in [2.45, 2.75) is 19.9 Å². The number of hydrogen-bond donors (Lipinski definition) is 2. The summed E-state index contributed by atoms with van der Waals surface area (Å²) in [6.45, 7) is 3.66. The Hall–Kier alpha value is -2.13. The Morgan fingerprint density at radius 3 is 2.67 bits per heavy atom. The van der Waals surface area contributed by atoms with Gasteiger partial charge >= 0.3 is 5.69 Å². The standard InChI is InChI=1S/C12H15N3O3/c1-8(2)11(7-16)14-10-5-3-4-9(6-13)12(10)15(17)18/h3-5,8,11,14,16H,7H2,1-2H3. The van der Waals surface area contributed by atoms with Crippen molar-refractivity contribution in [3.63, 3.8) is 0 Å². The summed E-state index contributed by atoms with van der Waals surface area (Å²) in [6.07, 6.45) is 0. The fourth-order valence-corrected chi connectivity index (χ4v) is 1.57. The number of para-hydroxylation sites is 1. The molecular formula is C12H15N3O3. The van der Waals surface area contributed by atoms with Crippen LogP contribution in [0.2, 0.25) is 0 Å². The summed E-state index contributed by atoms with van der Waals surface area (Å²) in [5, 5.41) is 32.0. The highest BCUT2D eigenvalue weighted by Crippen LogP contribution is 2.29. The highest BCUT2D eigenvalue weighted by atomic mass is 16.6.